The lowest BCUT2D eigenvalue weighted by Crippen LogP contribution is -2.45. The highest BCUT2D eigenvalue weighted by Gasteiger charge is 2.27. The second kappa shape index (κ2) is 6.76. The van der Waals surface area contributed by atoms with Crippen LogP contribution in [0.1, 0.15) is 11.9 Å². The minimum absolute atomic E-state index is 0.240. The summed E-state index contributed by atoms with van der Waals surface area (Å²) in [5.74, 6) is 2.51. The van der Waals surface area contributed by atoms with Crippen molar-refractivity contribution in [2.45, 2.75) is 6.10 Å². The average Bonchev–Trinajstić information content (AvgIpc) is 3.17. The Morgan fingerprint density at radius 3 is 2.60 bits per heavy atom. The number of tetrazole rings is 1. The van der Waals surface area contributed by atoms with Crippen molar-refractivity contribution in [3.05, 3.63) is 11.9 Å². The van der Waals surface area contributed by atoms with Gasteiger partial charge in [-0.05, 0) is 7.05 Å². The monoisotopic (exact) mass is 346 g/mol. The molecule has 2 aliphatic heterocycles. The highest BCUT2D eigenvalue weighted by molar-refractivity contribution is 5.54. The quantitative estimate of drug-likeness (QED) is 0.707. The maximum Gasteiger partial charge on any atom is 0.223 e. The topological polar surface area (TPSA) is 125 Å². The van der Waals surface area contributed by atoms with Crippen molar-refractivity contribution in [1.29, 1.82) is 0 Å². The Bertz CT molecular complexity index is 700. The number of aromatic amines is 1. The molecular formula is C14H22N10O. The molecule has 0 amide bonds. The SMILES string of the molecule is CN1CCN(c2cc(N3CCOC(c4nn[nH]n4)C3)nc(N)n2)CC1. The van der Waals surface area contributed by atoms with Crippen LogP contribution in [0.25, 0.3) is 0 Å². The van der Waals surface area contributed by atoms with E-state index in [1.165, 1.54) is 0 Å². The number of H-pyrrole nitrogens is 1. The summed E-state index contributed by atoms with van der Waals surface area (Å²) in [4.78, 5) is 15.5. The zero-order valence-electron chi connectivity index (χ0n) is 14.2. The molecule has 4 rings (SSSR count). The highest BCUT2D eigenvalue weighted by atomic mass is 16.5. The lowest BCUT2D eigenvalue weighted by Gasteiger charge is -2.35. The van der Waals surface area contributed by atoms with E-state index in [1.54, 1.807) is 0 Å². The number of nitrogens with one attached hydrogen (secondary N) is 1. The Kier molecular flexibility index (Phi) is 4.32. The standard InChI is InChI=1S/C14H22N10O/c1-22-2-4-23(5-3-22)11-8-12(17-14(15)16-11)24-6-7-25-10(9-24)13-18-20-21-19-13/h8,10H,2-7,9H2,1H3,(H2,15,16,17)(H,18,19,20,21). The predicted molar refractivity (Wildman–Crippen MR) is 91.2 cm³/mol. The fourth-order valence-corrected chi connectivity index (χ4v) is 3.12. The molecule has 3 N–H and O–H groups in total. The van der Waals surface area contributed by atoms with Gasteiger partial charge < -0.3 is 25.2 Å². The molecule has 25 heavy (non-hydrogen) atoms. The molecular weight excluding hydrogens is 324 g/mol. The second-order valence-corrected chi connectivity index (χ2v) is 6.31. The van der Waals surface area contributed by atoms with Crippen LogP contribution in [0, 0.1) is 0 Å². The van der Waals surface area contributed by atoms with Gasteiger partial charge in [0.05, 0.1) is 13.2 Å². The number of nitrogen functional groups attached to an aromatic ring is 1. The van der Waals surface area contributed by atoms with E-state index in [0.717, 1.165) is 44.4 Å². The van der Waals surface area contributed by atoms with Gasteiger partial charge in [-0.15, -0.1) is 10.2 Å². The molecule has 0 spiro atoms. The summed E-state index contributed by atoms with van der Waals surface area (Å²) in [6.45, 7) is 5.77. The van der Waals surface area contributed by atoms with Gasteiger partial charge in [0.1, 0.15) is 17.7 Å². The number of hydrogen-bond donors (Lipinski definition) is 2. The Labute approximate surface area is 145 Å². The van der Waals surface area contributed by atoms with E-state index >= 15 is 0 Å². The van der Waals surface area contributed by atoms with E-state index < -0.39 is 0 Å². The van der Waals surface area contributed by atoms with Gasteiger partial charge in [0.25, 0.3) is 0 Å². The summed E-state index contributed by atoms with van der Waals surface area (Å²) >= 11 is 0. The zero-order valence-corrected chi connectivity index (χ0v) is 14.2. The summed E-state index contributed by atoms with van der Waals surface area (Å²) in [6, 6.07) is 2.00. The number of aromatic nitrogens is 6. The molecule has 0 aromatic carbocycles. The van der Waals surface area contributed by atoms with E-state index in [1.807, 2.05) is 6.07 Å². The average molecular weight is 346 g/mol. The molecule has 0 aliphatic carbocycles. The van der Waals surface area contributed by atoms with Gasteiger partial charge in [-0.3, -0.25) is 0 Å². The van der Waals surface area contributed by atoms with Gasteiger partial charge in [0.15, 0.2) is 0 Å². The summed E-state index contributed by atoms with van der Waals surface area (Å²) < 4.78 is 5.75. The largest absolute Gasteiger partial charge is 0.368 e. The number of ether oxygens (including phenoxy) is 1. The number of rotatable bonds is 3. The van der Waals surface area contributed by atoms with Crippen LogP contribution < -0.4 is 15.5 Å². The van der Waals surface area contributed by atoms with Crippen LogP contribution in [0.5, 0.6) is 0 Å². The Morgan fingerprint density at radius 2 is 1.88 bits per heavy atom. The number of nitrogens with two attached hydrogens (primary N) is 1. The molecule has 4 heterocycles. The van der Waals surface area contributed by atoms with Gasteiger partial charge in [-0.1, -0.05) is 5.21 Å². The third-order valence-corrected chi connectivity index (χ3v) is 4.58. The summed E-state index contributed by atoms with van der Waals surface area (Å²) in [5, 5.41) is 14.1. The molecule has 2 fully saturated rings. The van der Waals surface area contributed by atoms with Crippen LogP contribution in [-0.2, 0) is 4.74 Å². The van der Waals surface area contributed by atoms with Crippen molar-refractivity contribution in [3.63, 3.8) is 0 Å². The van der Waals surface area contributed by atoms with Crippen LogP contribution in [0.4, 0.5) is 17.6 Å². The van der Waals surface area contributed by atoms with Crippen LogP contribution in [0.3, 0.4) is 0 Å². The summed E-state index contributed by atoms with van der Waals surface area (Å²) in [5.41, 5.74) is 5.97. The molecule has 134 valence electrons. The van der Waals surface area contributed by atoms with E-state index in [4.69, 9.17) is 10.5 Å². The Hall–Kier alpha value is -2.53. The highest BCUT2D eigenvalue weighted by Crippen LogP contribution is 2.26. The van der Waals surface area contributed by atoms with Crippen molar-refractivity contribution < 1.29 is 4.74 Å². The molecule has 11 nitrogen and oxygen atoms in total. The molecule has 0 saturated carbocycles. The Balaban J connectivity index is 1.53. The lowest BCUT2D eigenvalue weighted by molar-refractivity contribution is 0.0338. The molecule has 2 saturated heterocycles. The first-order valence-corrected chi connectivity index (χ1v) is 8.37. The molecule has 1 unspecified atom stereocenters. The van der Waals surface area contributed by atoms with Gasteiger partial charge >= 0.3 is 0 Å². The number of hydrogen-bond acceptors (Lipinski definition) is 10. The van der Waals surface area contributed by atoms with Crippen LogP contribution in [0.15, 0.2) is 6.07 Å². The molecule has 2 aromatic heterocycles. The fourth-order valence-electron chi connectivity index (χ4n) is 3.12. The first-order chi connectivity index (χ1) is 12.2. The zero-order chi connectivity index (χ0) is 17.2. The number of nitrogens with zero attached hydrogens (tertiary/aromatic N) is 8. The predicted octanol–water partition coefficient (Wildman–Crippen LogP) is -1.10. The van der Waals surface area contributed by atoms with Gasteiger partial charge in [-0.2, -0.15) is 15.2 Å². The van der Waals surface area contributed by atoms with Crippen LogP contribution >= 0.6 is 0 Å². The van der Waals surface area contributed by atoms with E-state index in [-0.39, 0.29) is 12.1 Å². The van der Waals surface area contributed by atoms with Crippen molar-refractivity contribution in [1.82, 2.24) is 35.5 Å². The molecule has 11 heteroatoms. The number of likely N-dealkylation sites (N-methyl/N-ethyl adjacent to an activating group) is 1. The van der Waals surface area contributed by atoms with Crippen molar-refractivity contribution in [3.8, 4) is 0 Å². The van der Waals surface area contributed by atoms with E-state index in [2.05, 4.69) is 52.3 Å². The first kappa shape index (κ1) is 16.0. The van der Waals surface area contributed by atoms with Gasteiger partial charge in [0.2, 0.25) is 11.8 Å². The molecule has 1 atom stereocenters. The summed E-state index contributed by atoms with van der Waals surface area (Å²) in [7, 11) is 2.13. The number of anilines is 3. The summed E-state index contributed by atoms with van der Waals surface area (Å²) in [6.07, 6.45) is -0.240. The first-order valence-electron chi connectivity index (χ1n) is 8.37. The van der Waals surface area contributed by atoms with E-state index in [9.17, 15) is 0 Å². The smallest absolute Gasteiger partial charge is 0.223 e. The fraction of sp³-hybridized carbons (Fsp3) is 0.643. The molecule has 2 aliphatic rings. The minimum atomic E-state index is -0.240. The normalized spacial score (nSPS) is 22.4. The van der Waals surface area contributed by atoms with Gasteiger partial charge in [-0.25, -0.2) is 0 Å². The van der Waals surface area contributed by atoms with E-state index in [0.29, 0.717) is 19.0 Å². The lowest BCUT2D eigenvalue weighted by atomic mass is 10.2. The van der Waals surface area contributed by atoms with Gasteiger partial charge in [0, 0.05) is 38.8 Å². The maximum absolute atomic E-state index is 5.97. The molecule has 2 aromatic rings. The van der Waals surface area contributed by atoms with Crippen LogP contribution in [0.2, 0.25) is 0 Å². The number of piperazine rings is 1. The maximum atomic E-state index is 5.97. The molecule has 0 bridgehead atoms. The van der Waals surface area contributed by atoms with Crippen molar-refractivity contribution >= 4 is 17.6 Å². The van der Waals surface area contributed by atoms with Crippen molar-refractivity contribution in [2.24, 2.45) is 0 Å². The second-order valence-electron chi connectivity index (χ2n) is 6.31. The Morgan fingerprint density at radius 1 is 1.12 bits per heavy atom. The van der Waals surface area contributed by atoms with Crippen LogP contribution in [-0.4, -0.2) is 88.4 Å². The third kappa shape index (κ3) is 3.46. The third-order valence-electron chi connectivity index (χ3n) is 4.58. The number of morpholine rings is 1. The molecule has 0 radical (unpaired) electrons. The minimum Gasteiger partial charge on any atom is -0.368 e. The van der Waals surface area contributed by atoms with Crippen molar-refractivity contribution in [2.75, 3.05) is 68.5 Å².